The van der Waals surface area contributed by atoms with Crippen LogP contribution in [0.15, 0.2) is 51.3 Å². The number of ketones is 1. The molecule has 1 aromatic heterocycles. The van der Waals surface area contributed by atoms with Gasteiger partial charge in [0.15, 0.2) is 0 Å². The molecule has 2 aromatic rings. The standard InChI is InChI=1S/C26H31N3O8S/c1-18-2-7-21(37-18)23-22(25(31)26(32)29(23)9-8-27-10-14-35-15-11-27)24(30)19-3-5-20(6-4-19)38(33,34)28-12-16-36-17-13-28/h2-7,23,30H,8-17H2,1H3/b24-22+. The quantitative estimate of drug-likeness (QED) is 0.311. The molecule has 1 aromatic carbocycles. The molecule has 38 heavy (non-hydrogen) atoms. The first-order valence-corrected chi connectivity index (χ1v) is 14.0. The van der Waals surface area contributed by atoms with Crippen LogP contribution in [-0.2, 0) is 29.1 Å². The molecule has 0 spiro atoms. The van der Waals surface area contributed by atoms with E-state index in [1.807, 2.05) is 0 Å². The number of ether oxygens (including phenoxy) is 2. The van der Waals surface area contributed by atoms with Crippen LogP contribution in [0.5, 0.6) is 0 Å². The molecular formula is C26H31N3O8S. The number of amides is 1. The second-order valence-electron chi connectivity index (χ2n) is 9.44. The molecule has 12 heteroatoms. The van der Waals surface area contributed by atoms with Crippen LogP contribution in [0, 0.1) is 6.92 Å². The fourth-order valence-corrected chi connectivity index (χ4v) is 6.37. The number of likely N-dealkylation sites (tertiary alicyclic amines) is 1. The number of sulfonamides is 1. The largest absolute Gasteiger partial charge is 0.507 e. The van der Waals surface area contributed by atoms with E-state index in [4.69, 9.17) is 13.9 Å². The minimum absolute atomic E-state index is 0.0696. The number of aliphatic hydroxyl groups is 1. The van der Waals surface area contributed by atoms with E-state index in [1.165, 1.54) is 33.5 Å². The van der Waals surface area contributed by atoms with Crippen LogP contribution in [0.25, 0.3) is 5.76 Å². The summed E-state index contributed by atoms with van der Waals surface area (Å²) in [6.45, 7) is 6.43. The molecule has 1 N–H and O–H groups in total. The number of benzene rings is 1. The Balaban J connectivity index is 1.46. The molecule has 1 unspecified atom stereocenters. The van der Waals surface area contributed by atoms with Gasteiger partial charge in [0.1, 0.15) is 23.3 Å². The van der Waals surface area contributed by atoms with Crippen LogP contribution in [0.3, 0.4) is 0 Å². The topological polar surface area (TPSA) is 130 Å². The molecule has 1 amide bonds. The average Bonchev–Trinajstić information content (AvgIpc) is 3.48. The number of aryl methyl sites for hydroxylation is 1. The van der Waals surface area contributed by atoms with E-state index in [9.17, 15) is 23.1 Å². The van der Waals surface area contributed by atoms with Gasteiger partial charge in [-0.15, -0.1) is 0 Å². The molecule has 0 aliphatic carbocycles. The maximum Gasteiger partial charge on any atom is 0.295 e. The fraction of sp³-hybridized carbons (Fsp3) is 0.462. The normalized spacial score (nSPS) is 23.3. The predicted molar refractivity (Wildman–Crippen MR) is 136 cm³/mol. The van der Waals surface area contributed by atoms with Gasteiger partial charge >= 0.3 is 0 Å². The first-order chi connectivity index (χ1) is 18.3. The van der Waals surface area contributed by atoms with E-state index in [2.05, 4.69) is 4.90 Å². The first kappa shape index (κ1) is 26.6. The number of hydrogen-bond acceptors (Lipinski definition) is 9. The van der Waals surface area contributed by atoms with Crippen LogP contribution in [0.2, 0.25) is 0 Å². The van der Waals surface area contributed by atoms with Gasteiger partial charge in [-0.3, -0.25) is 14.5 Å². The van der Waals surface area contributed by atoms with Crippen molar-refractivity contribution in [2.45, 2.75) is 17.9 Å². The SMILES string of the molecule is Cc1ccc(C2/C(=C(\O)c3ccc(S(=O)(=O)N4CCOCC4)cc3)C(=O)C(=O)N2CCN2CCOCC2)o1. The van der Waals surface area contributed by atoms with Crippen molar-refractivity contribution in [1.29, 1.82) is 0 Å². The highest BCUT2D eigenvalue weighted by Crippen LogP contribution is 2.40. The summed E-state index contributed by atoms with van der Waals surface area (Å²) in [6.07, 6.45) is 0. The van der Waals surface area contributed by atoms with E-state index in [-0.39, 0.29) is 41.4 Å². The van der Waals surface area contributed by atoms with Gasteiger partial charge < -0.3 is 23.9 Å². The van der Waals surface area contributed by atoms with Crippen molar-refractivity contribution in [2.24, 2.45) is 0 Å². The Kier molecular flexibility index (Phi) is 7.68. The molecule has 3 saturated heterocycles. The van der Waals surface area contributed by atoms with Gasteiger partial charge in [-0.1, -0.05) is 0 Å². The Morgan fingerprint density at radius 1 is 0.921 bits per heavy atom. The van der Waals surface area contributed by atoms with Crippen molar-refractivity contribution in [3.8, 4) is 0 Å². The molecule has 4 heterocycles. The summed E-state index contributed by atoms with van der Waals surface area (Å²) in [7, 11) is -3.72. The molecule has 3 fully saturated rings. The van der Waals surface area contributed by atoms with Gasteiger partial charge in [0.25, 0.3) is 11.7 Å². The molecule has 11 nitrogen and oxygen atoms in total. The molecule has 204 valence electrons. The van der Waals surface area contributed by atoms with Gasteiger partial charge in [0.05, 0.1) is 36.9 Å². The zero-order valence-corrected chi connectivity index (χ0v) is 22.0. The van der Waals surface area contributed by atoms with Crippen molar-refractivity contribution in [2.75, 3.05) is 65.7 Å². The Labute approximate surface area is 221 Å². The van der Waals surface area contributed by atoms with Crippen LogP contribution in [0.4, 0.5) is 0 Å². The van der Waals surface area contributed by atoms with Gasteiger partial charge in [0, 0.05) is 44.8 Å². The van der Waals surface area contributed by atoms with E-state index in [1.54, 1.807) is 19.1 Å². The Hall–Kier alpha value is -3.03. The highest BCUT2D eigenvalue weighted by atomic mass is 32.2. The lowest BCUT2D eigenvalue weighted by Crippen LogP contribution is -2.42. The number of furan rings is 1. The molecule has 3 aliphatic rings. The van der Waals surface area contributed by atoms with Crippen molar-refractivity contribution in [3.63, 3.8) is 0 Å². The number of rotatable bonds is 7. The highest BCUT2D eigenvalue weighted by Gasteiger charge is 2.47. The lowest BCUT2D eigenvalue weighted by molar-refractivity contribution is -0.140. The van der Waals surface area contributed by atoms with Gasteiger partial charge in [-0.2, -0.15) is 4.31 Å². The van der Waals surface area contributed by atoms with E-state index in [0.29, 0.717) is 44.5 Å². The van der Waals surface area contributed by atoms with Crippen LogP contribution < -0.4 is 0 Å². The van der Waals surface area contributed by atoms with Gasteiger partial charge in [-0.05, 0) is 43.3 Å². The van der Waals surface area contributed by atoms with Crippen LogP contribution >= 0.6 is 0 Å². The van der Waals surface area contributed by atoms with Crippen molar-refractivity contribution in [3.05, 3.63) is 59.1 Å². The highest BCUT2D eigenvalue weighted by molar-refractivity contribution is 7.89. The van der Waals surface area contributed by atoms with E-state index < -0.39 is 27.8 Å². The van der Waals surface area contributed by atoms with E-state index in [0.717, 1.165) is 13.1 Å². The molecule has 0 bridgehead atoms. The summed E-state index contributed by atoms with van der Waals surface area (Å²) in [5, 5.41) is 11.3. The second-order valence-corrected chi connectivity index (χ2v) is 11.4. The molecular weight excluding hydrogens is 514 g/mol. The fourth-order valence-electron chi connectivity index (χ4n) is 4.96. The summed E-state index contributed by atoms with van der Waals surface area (Å²) < 4.78 is 43.7. The minimum Gasteiger partial charge on any atom is -0.507 e. The molecule has 1 atom stereocenters. The zero-order chi connectivity index (χ0) is 26.9. The minimum atomic E-state index is -3.72. The Morgan fingerprint density at radius 3 is 2.16 bits per heavy atom. The van der Waals surface area contributed by atoms with Gasteiger partial charge in [-0.25, -0.2) is 8.42 Å². The third-order valence-corrected chi connectivity index (χ3v) is 8.98. The summed E-state index contributed by atoms with van der Waals surface area (Å²) in [5.41, 5.74) is 0.139. The van der Waals surface area contributed by atoms with Crippen LogP contribution in [0.1, 0.15) is 23.1 Å². The first-order valence-electron chi connectivity index (χ1n) is 12.6. The second kappa shape index (κ2) is 11.0. The number of nitrogens with zero attached hydrogens (tertiary/aromatic N) is 3. The molecule has 0 saturated carbocycles. The van der Waals surface area contributed by atoms with Crippen molar-refractivity contribution >= 4 is 27.5 Å². The molecule has 3 aliphatic heterocycles. The number of carbonyl (C=O) groups is 2. The summed E-state index contributed by atoms with van der Waals surface area (Å²) in [5.74, 6) is -0.932. The summed E-state index contributed by atoms with van der Waals surface area (Å²) in [6, 6.07) is 8.19. The lowest BCUT2D eigenvalue weighted by Gasteiger charge is -2.30. The third-order valence-electron chi connectivity index (χ3n) is 7.07. The van der Waals surface area contributed by atoms with E-state index >= 15 is 0 Å². The predicted octanol–water partition coefficient (Wildman–Crippen LogP) is 1.36. The summed E-state index contributed by atoms with van der Waals surface area (Å²) in [4.78, 5) is 30.0. The number of morpholine rings is 2. The molecule has 5 rings (SSSR count). The number of carbonyl (C=O) groups excluding carboxylic acids is 2. The van der Waals surface area contributed by atoms with Crippen LogP contribution in [-0.4, -0.2) is 105 Å². The van der Waals surface area contributed by atoms with Crippen molar-refractivity contribution < 1.29 is 37.0 Å². The Bertz CT molecular complexity index is 1320. The number of Topliss-reactive ketones (excluding diaryl/α,β-unsaturated/α-hetero) is 1. The van der Waals surface area contributed by atoms with Gasteiger partial charge in [0.2, 0.25) is 10.0 Å². The smallest absolute Gasteiger partial charge is 0.295 e. The molecule has 0 radical (unpaired) electrons. The Morgan fingerprint density at radius 2 is 1.55 bits per heavy atom. The number of aliphatic hydroxyl groups excluding tert-OH is 1. The van der Waals surface area contributed by atoms with Crippen molar-refractivity contribution in [1.82, 2.24) is 14.1 Å². The average molecular weight is 546 g/mol. The zero-order valence-electron chi connectivity index (χ0n) is 21.2. The third kappa shape index (κ3) is 5.14. The summed E-state index contributed by atoms with van der Waals surface area (Å²) >= 11 is 0. The lowest BCUT2D eigenvalue weighted by atomic mass is 9.99. The maximum absolute atomic E-state index is 13.2. The monoisotopic (exact) mass is 545 g/mol. The maximum atomic E-state index is 13.2. The number of hydrogen-bond donors (Lipinski definition) is 1.